The predicted molar refractivity (Wildman–Crippen MR) is 172 cm³/mol. The molecule has 4 aromatic rings. The van der Waals surface area contributed by atoms with Gasteiger partial charge in [-0.3, -0.25) is 0 Å². The van der Waals surface area contributed by atoms with E-state index in [1.54, 1.807) is 11.8 Å². The Bertz CT molecular complexity index is 1620. The minimum Gasteiger partial charge on any atom is -0.406 e. The molecule has 0 spiro atoms. The lowest BCUT2D eigenvalue weighted by Crippen LogP contribution is -2.29. The summed E-state index contributed by atoms with van der Waals surface area (Å²) in [5.41, 5.74) is 4.89. The maximum atomic E-state index is 12.7. The largest absolute Gasteiger partial charge is 0.573 e. The zero-order chi connectivity index (χ0) is 32.0. The van der Waals surface area contributed by atoms with Gasteiger partial charge in [0.05, 0.1) is 5.69 Å². The molecule has 1 fully saturated rings. The summed E-state index contributed by atoms with van der Waals surface area (Å²) in [6.45, 7) is 7.85. The van der Waals surface area contributed by atoms with Gasteiger partial charge in [0.2, 0.25) is 0 Å². The molecule has 12 heteroatoms. The fourth-order valence-corrected chi connectivity index (χ4v) is 6.06. The molecule has 1 atom stereocenters. The molecule has 0 saturated carbocycles. The maximum absolute atomic E-state index is 12.7. The molecular weight excluding hydrogens is 601 g/mol. The fourth-order valence-electron chi connectivity index (χ4n) is 5.11. The molecular formula is C33H35F3N6O2S. The summed E-state index contributed by atoms with van der Waals surface area (Å²) in [5.74, 6) is 1.80. The lowest BCUT2D eigenvalue weighted by Gasteiger charge is -2.23. The summed E-state index contributed by atoms with van der Waals surface area (Å²) in [6.07, 6.45) is -1.58. The molecule has 1 aromatic heterocycles. The van der Waals surface area contributed by atoms with Gasteiger partial charge in [-0.2, -0.15) is 4.99 Å². The normalized spacial score (nSPS) is 15.1. The number of halogens is 3. The first-order valence-electron chi connectivity index (χ1n) is 14.8. The number of carbonyl (C=O) groups excluding carboxylic acids is 1. The van der Waals surface area contributed by atoms with Crippen LogP contribution in [0.3, 0.4) is 0 Å². The van der Waals surface area contributed by atoms with Gasteiger partial charge in [-0.1, -0.05) is 75.0 Å². The zero-order valence-electron chi connectivity index (χ0n) is 25.3. The summed E-state index contributed by atoms with van der Waals surface area (Å²) < 4.78 is 42.6. The van der Waals surface area contributed by atoms with E-state index in [9.17, 15) is 18.0 Å². The van der Waals surface area contributed by atoms with E-state index in [1.165, 1.54) is 40.8 Å². The topological polar surface area (TPSA) is 84.6 Å². The number of urea groups is 1. The second-order valence-corrected chi connectivity index (χ2v) is 12.3. The number of para-hydroxylation sites is 1. The quantitative estimate of drug-likeness (QED) is 0.191. The molecule has 5 rings (SSSR count). The van der Waals surface area contributed by atoms with Crippen molar-refractivity contribution in [1.82, 2.24) is 20.1 Å². The number of rotatable bonds is 10. The summed E-state index contributed by atoms with van der Waals surface area (Å²) in [7, 11) is 0. The van der Waals surface area contributed by atoms with E-state index in [0.29, 0.717) is 29.9 Å². The summed E-state index contributed by atoms with van der Waals surface area (Å²) in [5, 5.41) is 8.15. The van der Waals surface area contributed by atoms with Gasteiger partial charge in [-0.15, -0.1) is 18.3 Å². The van der Waals surface area contributed by atoms with Crippen molar-refractivity contribution in [3.63, 3.8) is 0 Å². The predicted octanol–water partition coefficient (Wildman–Crippen LogP) is 7.84. The average Bonchev–Trinajstić information content (AvgIpc) is 3.67. The number of amides is 2. The van der Waals surface area contributed by atoms with Crippen LogP contribution in [0, 0.1) is 5.92 Å². The Morgan fingerprint density at radius 1 is 1.04 bits per heavy atom. The van der Waals surface area contributed by atoms with Crippen LogP contribution in [-0.2, 0) is 6.42 Å². The number of alkyl halides is 3. The Morgan fingerprint density at radius 2 is 1.78 bits per heavy atom. The van der Waals surface area contributed by atoms with Crippen LogP contribution in [0.2, 0.25) is 0 Å². The van der Waals surface area contributed by atoms with Gasteiger partial charge in [0.1, 0.15) is 12.1 Å². The number of hydrogen-bond donors (Lipinski definition) is 1. The van der Waals surface area contributed by atoms with Crippen LogP contribution >= 0.6 is 11.8 Å². The highest BCUT2D eigenvalue weighted by molar-refractivity contribution is 8.14. The first kappa shape index (κ1) is 32.1. The Balaban J connectivity index is 1.10. The Morgan fingerprint density at radius 3 is 2.49 bits per heavy atom. The van der Waals surface area contributed by atoms with Crippen LogP contribution in [0.15, 0.2) is 84.1 Å². The molecule has 1 aliphatic rings. The van der Waals surface area contributed by atoms with Crippen LogP contribution in [-0.4, -0.2) is 51.2 Å². The molecule has 8 nitrogen and oxygen atoms in total. The van der Waals surface area contributed by atoms with Crippen molar-refractivity contribution in [3.8, 4) is 22.8 Å². The maximum Gasteiger partial charge on any atom is 0.573 e. The van der Waals surface area contributed by atoms with E-state index < -0.39 is 6.36 Å². The number of nitrogens with one attached hydrogen (secondary N) is 1. The third-order valence-corrected chi connectivity index (χ3v) is 8.32. The van der Waals surface area contributed by atoms with Crippen LogP contribution in [0.25, 0.3) is 17.1 Å². The van der Waals surface area contributed by atoms with E-state index in [0.717, 1.165) is 47.1 Å². The highest BCUT2D eigenvalue weighted by Crippen LogP contribution is 2.32. The van der Waals surface area contributed by atoms with Gasteiger partial charge >= 0.3 is 12.4 Å². The number of amidine groups is 1. The van der Waals surface area contributed by atoms with E-state index in [-0.39, 0.29) is 11.8 Å². The van der Waals surface area contributed by atoms with Crippen LogP contribution in [0.4, 0.5) is 23.7 Å². The van der Waals surface area contributed by atoms with E-state index in [1.807, 2.05) is 36.4 Å². The molecule has 2 amide bonds. The number of thioether (sulfide) groups is 1. The highest BCUT2D eigenvalue weighted by Gasteiger charge is 2.31. The minimum atomic E-state index is -4.74. The molecule has 3 aromatic carbocycles. The number of aliphatic imine (C=N–C) groups is 1. The molecule has 0 aliphatic carbocycles. The van der Waals surface area contributed by atoms with Gasteiger partial charge in [-0.25, -0.2) is 14.5 Å². The molecule has 236 valence electrons. The SMILES string of the molecule is CC(CCNC(=O)N=C1SCCN1c1ccccc1C(C)C)Cc1ccc(-c2ncn(-c3ccc(OC(F)(F)F)cc3)n2)cc1. The Hall–Kier alpha value is -4.32. The van der Waals surface area contributed by atoms with Crippen LogP contribution in [0.5, 0.6) is 5.75 Å². The number of nitrogens with zero attached hydrogens (tertiary/aromatic N) is 5. The van der Waals surface area contributed by atoms with Crippen molar-refractivity contribution in [2.24, 2.45) is 10.9 Å². The third-order valence-electron chi connectivity index (χ3n) is 7.36. The van der Waals surface area contributed by atoms with Crippen molar-refractivity contribution in [3.05, 3.63) is 90.3 Å². The van der Waals surface area contributed by atoms with Gasteiger partial charge in [0.15, 0.2) is 11.0 Å². The Kier molecular flexibility index (Phi) is 10.1. The smallest absolute Gasteiger partial charge is 0.406 e. The lowest BCUT2D eigenvalue weighted by molar-refractivity contribution is -0.274. The molecule has 1 saturated heterocycles. The highest BCUT2D eigenvalue weighted by atomic mass is 32.2. The van der Waals surface area contributed by atoms with Crippen LogP contribution < -0.4 is 15.0 Å². The van der Waals surface area contributed by atoms with Crippen LogP contribution in [0.1, 0.15) is 44.2 Å². The molecule has 2 heterocycles. The molecule has 1 aliphatic heterocycles. The summed E-state index contributed by atoms with van der Waals surface area (Å²) in [6, 6.07) is 21.3. The number of ether oxygens (including phenoxy) is 1. The molecule has 0 radical (unpaired) electrons. The van der Waals surface area contributed by atoms with E-state index >= 15 is 0 Å². The van der Waals surface area contributed by atoms with Crippen molar-refractivity contribution >= 4 is 28.6 Å². The fraction of sp³-hybridized carbons (Fsp3) is 0.333. The average molecular weight is 637 g/mol. The number of hydrogen-bond acceptors (Lipinski definition) is 5. The second-order valence-electron chi connectivity index (χ2n) is 11.2. The van der Waals surface area contributed by atoms with Crippen molar-refractivity contribution in [2.45, 2.75) is 45.9 Å². The zero-order valence-corrected chi connectivity index (χ0v) is 26.1. The minimum absolute atomic E-state index is 0.300. The van der Waals surface area contributed by atoms with Crippen molar-refractivity contribution in [2.75, 3.05) is 23.7 Å². The molecule has 1 unspecified atom stereocenters. The number of aromatic nitrogens is 3. The monoisotopic (exact) mass is 636 g/mol. The lowest BCUT2D eigenvalue weighted by atomic mass is 9.97. The van der Waals surface area contributed by atoms with Gasteiger partial charge in [0, 0.05) is 30.1 Å². The summed E-state index contributed by atoms with van der Waals surface area (Å²) >= 11 is 1.60. The molecule has 45 heavy (non-hydrogen) atoms. The van der Waals surface area contributed by atoms with E-state index in [4.69, 9.17) is 0 Å². The number of anilines is 1. The second kappa shape index (κ2) is 14.2. The summed E-state index contributed by atoms with van der Waals surface area (Å²) in [4.78, 5) is 23.5. The van der Waals surface area contributed by atoms with Gasteiger partial charge in [0.25, 0.3) is 0 Å². The van der Waals surface area contributed by atoms with Crippen molar-refractivity contribution in [1.29, 1.82) is 0 Å². The standard InChI is InChI=1S/C33H35F3N6O2S/c1-22(2)28-6-4-5-7-29(28)41-18-19-45-32(41)39-31(43)37-17-16-23(3)20-24-8-10-25(11-9-24)30-38-21-42(40-30)26-12-14-27(15-13-26)44-33(34,35)36/h4-15,21-23H,16-20H2,1-3H3,(H,37,43). The van der Waals surface area contributed by atoms with Crippen molar-refractivity contribution < 1.29 is 22.7 Å². The van der Waals surface area contributed by atoms with Gasteiger partial charge < -0.3 is 15.0 Å². The molecule has 1 N–H and O–H groups in total. The first-order chi connectivity index (χ1) is 21.6. The Labute approximate surface area is 264 Å². The van der Waals surface area contributed by atoms with E-state index in [2.05, 4.69) is 62.9 Å². The third kappa shape index (κ3) is 8.65. The first-order valence-corrected chi connectivity index (χ1v) is 15.8. The van der Waals surface area contributed by atoms with Gasteiger partial charge in [-0.05, 0) is 66.1 Å². The number of carbonyl (C=O) groups is 1. The number of benzene rings is 3. The molecule has 0 bridgehead atoms.